The minimum Gasteiger partial charge on any atom is -0.342 e. The van der Waals surface area contributed by atoms with Gasteiger partial charge < -0.3 is 16.5 Å². The lowest BCUT2D eigenvalue weighted by molar-refractivity contribution is 1.28. The van der Waals surface area contributed by atoms with Crippen LogP contribution in [0.15, 0.2) is 12.1 Å². The van der Waals surface area contributed by atoms with Gasteiger partial charge in [0.05, 0.1) is 24.5 Å². The van der Waals surface area contributed by atoms with Crippen LogP contribution in [0.3, 0.4) is 0 Å². The summed E-state index contributed by atoms with van der Waals surface area (Å²) in [7, 11) is 0. The third-order valence-electron chi connectivity index (χ3n) is 1.34. The Morgan fingerprint density at radius 2 is 1.46 bits per heavy atom. The number of H-pyrrole nitrogens is 1. The van der Waals surface area contributed by atoms with E-state index in [4.69, 9.17) is 11.5 Å². The van der Waals surface area contributed by atoms with E-state index in [0.717, 1.165) is 11.4 Å². The fourth-order valence-electron chi connectivity index (χ4n) is 0.833. The average Bonchev–Trinajstić information content (AvgIpc) is 2.59. The maximum atomic E-state index is 5.23. The SMILES string of the molecule is NCC#Cc1ccc(C#CCN)[nH]1. The van der Waals surface area contributed by atoms with E-state index in [-0.39, 0.29) is 0 Å². The molecule has 3 nitrogen and oxygen atoms in total. The summed E-state index contributed by atoms with van der Waals surface area (Å²) < 4.78 is 0. The highest BCUT2D eigenvalue weighted by Crippen LogP contribution is 1.97. The molecule has 0 saturated carbocycles. The van der Waals surface area contributed by atoms with Crippen LogP contribution in [0.5, 0.6) is 0 Å². The van der Waals surface area contributed by atoms with Crippen LogP contribution < -0.4 is 11.5 Å². The summed E-state index contributed by atoms with van der Waals surface area (Å²) >= 11 is 0. The zero-order valence-corrected chi connectivity index (χ0v) is 7.22. The van der Waals surface area contributed by atoms with Gasteiger partial charge in [-0.1, -0.05) is 11.8 Å². The maximum Gasteiger partial charge on any atom is 0.0903 e. The Kier molecular flexibility index (Phi) is 3.66. The van der Waals surface area contributed by atoms with Crippen molar-refractivity contribution in [2.24, 2.45) is 11.5 Å². The van der Waals surface area contributed by atoms with Crippen LogP contribution in [0.4, 0.5) is 0 Å². The molecule has 0 atom stereocenters. The summed E-state index contributed by atoms with van der Waals surface area (Å²) in [5, 5.41) is 0. The van der Waals surface area contributed by atoms with Crippen LogP contribution >= 0.6 is 0 Å². The molecule has 0 aromatic carbocycles. The Morgan fingerprint density at radius 1 is 1.00 bits per heavy atom. The van der Waals surface area contributed by atoms with Crippen molar-refractivity contribution < 1.29 is 0 Å². The van der Waals surface area contributed by atoms with E-state index in [1.807, 2.05) is 12.1 Å². The Morgan fingerprint density at radius 3 is 1.85 bits per heavy atom. The van der Waals surface area contributed by atoms with Crippen molar-refractivity contribution in [1.29, 1.82) is 0 Å². The predicted octanol–water partition coefficient (Wildman–Crippen LogP) is -0.365. The van der Waals surface area contributed by atoms with Crippen molar-refractivity contribution in [2.75, 3.05) is 13.1 Å². The summed E-state index contributed by atoms with van der Waals surface area (Å²) in [5.41, 5.74) is 12.1. The van der Waals surface area contributed by atoms with Crippen molar-refractivity contribution in [1.82, 2.24) is 4.98 Å². The van der Waals surface area contributed by atoms with E-state index in [0.29, 0.717) is 13.1 Å². The third-order valence-corrected chi connectivity index (χ3v) is 1.34. The summed E-state index contributed by atoms with van der Waals surface area (Å²) in [4.78, 5) is 3.02. The van der Waals surface area contributed by atoms with Gasteiger partial charge in [-0.2, -0.15) is 0 Å². The van der Waals surface area contributed by atoms with Crippen LogP contribution in [0, 0.1) is 23.7 Å². The second-order valence-electron chi connectivity index (χ2n) is 2.30. The first-order chi connectivity index (χ1) is 6.36. The Labute approximate surface area is 77.5 Å². The molecule has 66 valence electrons. The normalized spacial score (nSPS) is 8.15. The molecule has 1 aromatic rings. The number of nitrogens with one attached hydrogen (secondary N) is 1. The average molecular weight is 173 g/mol. The molecule has 0 fully saturated rings. The number of nitrogens with two attached hydrogens (primary N) is 2. The van der Waals surface area contributed by atoms with E-state index in [9.17, 15) is 0 Å². The van der Waals surface area contributed by atoms with E-state index < -0.39 is 0 Å². The van der Waals surface area contributed by atoms with Gasteiger partial charge >= 0.3 is 0 Å². The number of hydrogen-bond donors (Lipinski definition) is 3. The quantitative estimate of drug-likeness (QED) is 0.469. The fourth-order valence-corrected chi connectivity index (χ4v) is 0.833. The van der Waals surface area contributed by atoms with Crippen molar-refractivity contribution in [3.63, 3.8) is 0 Å². The molecule has 1 rings (SSSR count). The van der Waals surface area contributed by atoms with E-state index in [1.54, 1.807) is 0 Å². The number of hydrogen-bond acceptors (Lipinski definition) is 2. The lowest BCUT2D eigenvalue weighted by atomic mass is 10.4. The van der Waals surface area contributed by atoms with E-state index in [2.05, 4.69) is 28.7 Å². The predicted molar refractivity (Wildman–Crippen MR) is 52.7 cm³/mol. The van der Waals surface area contributed by atoms with Crippen LogP contribution in [0.1, 0.15) is 11.4 Å². The molecule has 1 aromatic heterocycles. The van der Waals surface area contributed by atoms with Gasteiger partial charge in [-0.15, -0.1) is 0 Å². The molecule has 0 unspecified atom stereocenters. The third kappa shape index (κ3) is 3.04. The van der Waals surface area contributed by atoms with Crippen molar-refractivity contribution >= 4 is 0 Å². The Balaban J connectivity index is 2.75. The smallest absolute Gasteiger partial charge is 0.0903 e. The number of aromatic amines is 1. The minimum atomic E-state index is 0.364. The molecule has 0 aliphatic carbocycles. The first kappa shape index (κ1) is 9.41. The summed E-state index contributed by atoms with van der Waals surface area (Å²) in [6.07, 6.45) is 0. The summed E-state index contributed by atoms with van der Waals surface area (Å²) in [5.74, 6) is 11.2. The van der Waals surface area contributed by atoms with Gasteiger partial charge in [-0.3, -0.25) is 0 Å². The zero-order chi connectivity index (χ0) is 9.52. The molecule has 5 N–H and O–H groups in total. The standard InChI is InChI=1S/C10H11N3/c11-7-1-3-9-5-6-10(13-9)4-2-8-12/h5-6,13H,7-8,11-12H2. The molecule has 0 bridgehead atoms. The molecule has 0 amide bonds. The molecule has 0 aliphatic rings. The van der Waals surface area contributed by atoms with Gasteiger partial charge in [0.15, 0.2) is 0 Å². The molecular weight excluding hydrogens is 162 g/mol. The van der Waals surface area contributed by atoms with Gasteiger partial charge in [-0.05, 0) is 24.0 Å². The van der Waals surface area contributed by atoms with Gasteiger partial charge in [0.1, 0.15) is 0 Å². The second kappa shape index (κ2) is 5.05. The minimum absolute atomic E-state index is 0.364. The highest BCUT2D eigenvalue weighted by molar-refractivity contribution is 5.37. The molecular formula is C10H11N3. The highest BCUT2D eigenvalue weighted by atomic mass is 14.7. The summed E-state index contributed by atoms with van der Waals surface area (Å²) in [6.45, 7) is 0.728. The summed E-state index contributed by atoms with van der Waals surface area (Å²) in [6, 6.07) is 3.73. The lowest BCUT2D eigenvalue weighted by Crippen LogP contribution is -1.93. The van der Waals surface area contributed by atoms with Gasteiger partial charge in [0, 0.05) is 0 Å². The largest absolute Gasteiger partial charge is 0.342 e. The number of aromatic nitrogens is 1. The topological polar surface area (TPSA) is 67.8 Å². The zero-order valence-electron chi connectivity index (χ0n) is 7.22. The maximum absolute atomic E-state index is 5.23. The molecule has 13 heavy (non-hydrogen) atoms. The first-order valence-corrected chi connectivity index (χ1v) is 3.93. The molecule has 0 radical (unpaired) electrons. The molecule has 3 heteroatoms. The van der Waals surface area contributed by atoms with Crippen LogP contribution in [0.2, 0.25) is 0 Å². The second-order valence-corrected chi connectivity index (χ2v) is 2.30. The Hall–Kier alpha value is -1.68. The lowest BCUT2D eigenvalue weighted by Gasteiger charge is -1.80. The van der Waals surface area contributed by atoms with Gasteiger partial charge in [-0.25, -0.2) is 0 Å². The van der Waals surface area contributed by atoms with Crippen LogP contribution in [-0.2, 0) is 0 Å². The molecule has 1 heterocycles. The van der Waals surface area contributed by atoms with Gasteiger partial charge in [0.2, 0.25) is 0 Å². The molecule has 0 saturated heterocycles. The molecule has 0 aliphatic heterocycles. The van der Waals surface area contributed by atoms with E-state index >= 15 is 0 Å². The fraction of sp³-hybridized carbons (Fsp3) is 0.200. The van der Waals surface area contributed by atoms with Crippen LogP contribution in [0.25, 0.3) is 0 Å². The van der Waals surface area contributed by atoms with E-state index in [1.165, 1.54) is 0 Å². The van der Waals surface area contributed by atoms with Crippen molar-refractivity contribution in [3.05, 3.63) is 23.5 Å². The monoisotopic (exact) mass is 173 g/mol. The van der Waals surface area contributed by atoms with Gasteiger partial charge in [0.25, 0.3) is 0 Å². The first-order valence-electron chi connectivity index (χ1n) is 3.93. The van der Waals surface area contributed by atoms with Crippen LogP contribution in [-0.4, -0.2) is 18.1 Å². The van der Waals surface area contributed by atoms with Crippen molar-refractivity contribution in [3.8, 4) is 23.7 Å². The highest BCUT2D eigenvalue weighted by Gasteiger charge is 1.90. The van der Waals surface area contributed by atoms with Crippen molar-refractivity contribution in [2.45, 2.75) is 0 Å². The Bertz CT molecular complexity index is 345. The number of rotatable bonds is 0. The molecule has 0 spiro atoms.